The summed E-state index contributed by atoms with van der Waals surface area (Å²) in [5.41, 5.74) is 2.41. The van der Waals surface area contributed by atoms with Crippen molar-refractivity contribution in [2.24, 2.45) is 0 Å². The number of nitrogens with zero attached hydrogens (tertiary/aromatic N) is 1. The van der Waals surface area contributed by atoms with Gasteiger partial charge in [-0.1, -0.05) is 0 Å². The van der Waals surface area contributed by atoms with Crippen LogP contribution in [0.4, 0.5) is 16.2 Å². The lowest BCUT2D eigenvalue weighted by molar-refractivity contribution is 0.0578. The van der Waals surface area contributed by atoms with Gasteiger partial charge >= 0.3 is 6.09 Å². The second-order valence-corrected chi connectivity index (χ2v) is 7.08. The Morgan fingerprint density at radius 1 is 1.48 bits per heavy atom. The molecule has 1 aromatic carbocycles. The number of alkyl halides is 1. The van der Waals surface area contributed by atoms with E-state index in [9.17, 15) is 9.90 Å². The highest BCUT2D eigenvalue weighted by Crippen LogP contribution is 2.30. The standard InChI is InChI=1S/C17H25ClN2O3/c1-17(2,3)23-16(22)20-8-4-5-12-9-13(6-7-15(12)20)19-11-14(21)10-18/h6-7,9,14,19,21H,4-5,8,10-11H2,1-3H3. The van der Waals surface area contributed by atoms with Crippen molar-refractivity contribution in [2.75, 3.05) is 29.2 Å². The number of fused-ring (bicyclic) bond motifs is 1. The van der Waals surface area contributed by atoms with Gasteiger partial charge in [0.05, 0.1) is 17.7 Å². The number of ether oxygens (including phenoxy) is 1. The Balaban J connectivity index is 2.12. The summed E-state index contributed by atoms with van der Waals surface area (Å²) in [6.45, 7) is 6.67. The van der Waals surface area contributed by atoms with Gasteiger partial charge in [-0.2, -0.15) is 0 Å². The van der Waals surface area contributed by atoms with Gasteiger partial charge in [0.25, 0.3) is 0 Å². The summed E-state index contributed by atoms with van der Waals surface area (Å²) in [6.07, 6.45) is 0.935. The van der Waals surface area contributed by atoms with Gasteiger partial charge in [-0.3, -0.25) is 4.90 Å². The maximum atomic E-state index is 12.4. The Kier molecular flexibility index (Phi) is 5.76. The molecule has 1 heterocycles. The van der Waals surface area contributed by atoms with Crippen LogP contribution in [-0.4, -0.2) is 41.9 Å². The van der Waals surface area contributed by atoms with E-state index in [0.29, 0.717) is 13.1 Å². The molecule has 0 aromatic heterocycles. The van der Waals surface area contributed by atoms with E-state index >= 15 is 0 Å². The number of hydrogen-bond acceptors (Lipinski definition) is 4. The number of carbonyl (C=O) groups excluding carboxylic acids is 1. The Morgan fingerprint density at radius 2 is 2.22 bits per heavy atom. The highest BCUT2D eigenvalue weighted by atomic mass is 35.5. The predicted molar refractivity (Wildman–Crippen MR) is 93.6 cm³/mol. The molecular formula is C17H25ClN2O3. The molecule has 1 aliphatic heterocycles. The fourth-order valence-electron chi connectivity index (χ4n) is 2.50. The van der Waals surface area contributed by atoms with Gasteiger partial charge in [-0.25, -0.2) is 4.79 Å². The first kappa shape index (κ1) is 17.9. The van der Waals surface area contributed by atoms with Crippen LogP contribution in [0, 0.1) is 0 Å². The lowest BCUT2D eigenvalue weighted by Gasteiger charge is -2.32. The predicted octanol–water partition coefficient (Wildman–Crippen LogP) is 3.39. The fraction of sp³-hybridized carbons (Fsp3) is 0.588. The summed E-state index contributed by atoms with van der Waals surface area (Å²) in [6, 6.07) is 5.85. The lowest BCUT2D eigenvalue weighted by Crippen LogP contribution is -2.39. The minimum atomic E-state index is -0.578. The SMILES string of the molecule is CC(C)(C)OC(=O)N1CCCc2cc(NCC(O)CCl)ccc21. The van der Waals surface area contributed by atoms with Crippen molar-refractivity contribution in [3.63, 3.8) is 0 Å². The van der Waals surface area contributed by atoms with Crippen molar-refractivity contribution in [1.82, 2.24) is 0 Å². The van der Waals surface area contributed by atoms with Crippen molar-refractivity contribution in [3.8, 4) is 0 Å². The molecular weight excluding hydrogens is 316 g/mol. The van der Waals surface area contributed by atoms with E-state index in [0.717, 1.165) is 29.8 Å². The Labute approximate surface area is 142 Å². The molecule has 1 aromatic rings. The zero-order valence-corrected chi connectivity index (χ0v) is 14.7. The monoisotopic (exact) mass is 340 g/mol. The number of rotatable bonds is 4. The van der Waals surface area contributed by atoms with Crippen LogP contribution >= 0.6 is 11.6 Å². The second kappa shape index (κ2) is 7.41. The van der Waals surface area contributed by atoms with E-state index in [2.05, 4.69) is 5.32 Å². The van der Waals surface area contributed by atoms with Crippen molar-refractivity contribution < 1.29 is 14.6 Å². The largest absolute Gasteiger partial charge is 0.443 e. The van der Waals surface area contributed by atoms with E-state index in [-0.39, 0.29) is 12.0 Å². The average Bonchev–Trinajstić information content (AvgIpc) is 2.49. The Bertz CT molecular complexity index is 557. The number of nitrogens with one attached hydrogen (secondary N) is 1. The molecule has 0 fully saturated rings. The molecule has 6 heteroatoms. The molecule has 0 spiro atoms. The van der Waals surface area contributed by atoms with Gasteiger partial charge in [0.15, 0.2) is 0 Å². The summed E-state index contributed by atoms with van der Waals surface area (Å²) in [5.74, 6) is 0.199. The van der Waals surface area contributed by atoms with Crippen LogP contribution in [0.15, 0.2) is 18.2 Å². The first-order valence-corrected chi connectivity index (χ1v) is 8.45. The third-order valence-corrected chi connectivity index (χ3v) is 3.89. The molecule has 2 rings (SSSR count). The zero-order chi connectivity index (χ0) is 17.0. The molecule has 0 radical (unpaired) electrons. The summed E-state index contributed by atoms with van der Waals surface area (Å²) in [5, 5.41) is 12.7. The topological polar surface area (TPSA) is 61.8 Å². The minimum Gasteiger partial charge on any atom is -0.443 e. The van der Waals surface area contributed by atoms with E-state index in [1.54, 1.807) is 4.90 Å². The van der Waals surface area contributed by atoms with Crippen LogP contribution in [0.2, 0.25) is 0 Å². The summed E-state index contributed by atoms with van der Waals surface area (Å²) >= 11 is 5.59. The van der Waals surface area contributed by atoms with E-state index in [4.69, 9.17) is 16.3 Å². The van der Waals surface area contributed by atoms with Crippen LogP contribution in [0.25, 0.3) is 0 Å². The third kappa shape index (κ3) is 5.01. The molecule has 2 N–H and O–H groups in total. The fourth-order valence-corrected chi connectivity index (χ4v) is 2.61. The molecule has 1 unspecified atom stereocenters. The van der Waals surface area contributed by atoms with E-state index < -0.39 is 11.7 Å². The number of carbonyl (C=O) groups is 1. The van der Waals surface area contributed by atoms with Gasteiger partial charge < -0.3 is 15.2 Å². The smallest absolute Gasteiger partial charge is 0.414 e. The van der Waals surface area contributed by atoms with Crippen molar-refractivity contribution >= 4 is 29.1 Å². The number of anilines is 2. The summed E-state index contributed by atoms with van der Waals surface area (Å²) in [7, 11) is 0. The highest BCUT2D eigenvalue weighted by Gasteiger charge is 2.27. The summed E-state index contributed by atoms with van der Waals surface area (Å²) in [4.78, 5) is 14.1. The number of aliphatic hydroxyl groups excluding tert-OH is 1. The molecule has 128 valence electrons. The molecule has 1 aliphatic rings. The molecule has 0 aliphatic carbocycles. The third-order valence-electron chi connectivity index (χ3n) is 3.53. The highest BCUT2D eigenvalue weighted by molar-refractivity contribution is 6.18. The summed E-state index contributed by atoms with van der Waals surface area (Å²) < 4.78 is 5.48. The Hall–Kier alpha value is -1.46. The number of aryl methyl sites for hydroxylation is 1. The van der Waals surface area contributed by atoms with Gasteiger partial charge in [-0.05, 0) is 57.4 Å². The van der Waals surface area contributed by atoms with Crippen molar-refractivity contribution in [3.05, 3.63) is 23.8 Å². The molecule has 0 bridgehead atoms. The van der Waals surface area contributed by atoms with Gasteiger partial charge in [0.2, 0.25) is 0 Å². The average molecular weight is 341 g/mol. The number of amides is 1. The number of hydrogen-bond donors (Lipinski definition) is 2. The molecule has 1 atom stereocenters. The first-order valence-electron chi connectivity index (χ1n) is 7.91. The van der Waals surface area contributed by atoms with E-state index in [1.807, 2.05) is 39.0 Å². The van der Waals surface area contributed by atoms with Crippen LogP contribution in [-0.2, 0) is 11.2 Å². The first-order chi connectivity index (χ1) is 10.8. The van der Waals surface area contributed by atoms with Gasteiger partial charge in [0.1, 0.15) is 5.60 Å². The van der Waals surface area contributed by atoms with Crippen LogP contribution in [0.3, 0.4) is 0 Å². The quantitative estimate of drug-likeness (QED) is 0.825. The normalized spacial score (nSPS) is 15.8. The maximum Gasteiger partial charge on any atom is 0.414 e. The van der Waals surface area contributed by atoms with Crippen molar-refractivity contribution in [1.29, 1.82) is 0 Å². The minimum absolute atomic E-state index is 0.199. The van der Waals surface area contributed by atoms with Gasteiger partial charge in [-0.15, -0.1) is 11.6 Å². The lowest BCUT2D eigenvalue weighted by atomic mass is 10.0. The second-order valence-electron chi connectivity index (χ2n) is 6.77. The van der Waals surface area contributed by atoms with Crippen LogP contribution in [0.5, 0.6) is 0 Å². The van der Waals surface area contributed by atoms with E-state index in [1.165, 1.54) is 0 Å². The molecule has 23 heavy (non-hydrogen) atoms. The molecule has 0 saturated carbocycles. The molecule has 0 saturated heterocycles. The maximum absolute atomic E-state index is 12.4. The van der Waals surface area contributed by atoms with Crippen molar-refractivity contribution in [2.45, 2.75) is 45.3 Å². The van der Waals surface area contributed by atoms with Gasteiger partial charge in [0, 0.05) is 18.8 Å². The molecule has 5 nitrogen and oxygen atoms in total. The number of halogens is 1. The number of benzene rings is 1. The zero-order valence-electron chi connectivity index (χ0n) is 13.9. The van der Waals surface area contributed by atoms with Crippen LogP contribution in [0.1, 0.15) is 32.8 Å². The Morgan fingerprint density at radius 3 is 2.87 bits per heavy atom. The number of aliphatic hydroxyl groups is 1. The van der Waals surface area contributed by atoms with Crippen LogP contribution < -0.4 is 10.2 Å². The molecule has 1 amide bonds.